The molecule has 0 unspecified atom stereocenters. The number of carbonyl (C=O) groups excluding carboxylic acids is 3. The third-order valence-corrected chi connectivity index (χ3v) is 10.6. The van der Waals surface area contributed by atoms with Crippen LogP contribution in [0.15, 0.2) is 60.7 Å². The second-order valence-electron chi connectivity index (χ2n) is 10.5. The maximum atomic E-state index is 13.5. The molecule has 3 rings (SSSR count). The second kappa shape index (κ2) is 10.6. The van der Waals surface area contributed by atoms with Gasteiger partial charge in [0.25, 0.3) is 0 Å². The Balaban J connectivity index is 1.83. The number of rotatable bonds is 8. The quantitative estimate of drug-likeness (QED) is 0.404. The summed E-state index contributed by atoms with van der Waals surface area (Å²) in [6.45, 7) is 10.00. The van der Waals surface area contributed by atoms with Crippen LogP contribution in [0.2, 0.25) is 18.6 Å². The molecule has 1 fully saturated rings. The largest absolute Gasteiger partial charge is 0.460 e. The van der Waals surface area contributed by atoms with E-state index in [1.54, 1.807) is 0 Å². The number of imide groups is 1. The Labute approximate surface area is 203 Å². The number of hydrogen-bond acceptors (Lipinski definition) is 5. The Morgan fingerprint density at radius 1 is 1.03 bits per heavy atom. The topological polar surface area (TPSA) is 72.9 Å². The zero-order chi connectivity index (χ0) is 24.9. The van der Waals surface area contributed by atoms with E-state index in [4.69, 9.17) is 9.47 Å². The van der Waals surface area contributed by atoms with Gasteiger partial charge in [-0.05, 0) is 38.3 Å². The van der Waals surface area contributed by atoms with E-state index < -0.39 is 19.8 Å². The molecule has 0 N–H and O–H groups in total. The first kappa shape index (κ1) is 25.7. The van der Waals surface area contributed by atoms with Crippen molar-refractivity contribution in [2.45, 2.75) is 70.3 Å². The van der Waals surface area contributed by atoms with Crippen LogP contribution in [0, 0.1) is 0 Å². The molecule has 2 aromatic carbocycles. The summed E-state index contributed by atoms with van der Waals surface area (Å²) in [5.74, 6) is -0.625. The number of carbonyl (C=O) groups is 3. The van der Waals surface area contributed by atoms with Crippen LogP contribution in [-0.2, 0) is 25.5 Å². The van der Waals surface area contributed by atoms with Crippen molar-refractivity contribution in [3.8, 4) is 0 Å². The molecular formula is C27H35NO5Si. The smallest absolute Gasteiger partial charge is 0.416 e. The first-order valence-corrected chi connectivity index (χ1v) is 14.8. The number of cyclic esters (lactones) is 1. The van der Waals surface area contributed by atoms with Crippen molar-refractivity contribution in [3.05, 3.63) is 66.2 Å². The van der Waals surface area contributed by atoms with E-state index >= 15 is 0 Å². The summed E-state index contributed by atoms with van der Waals surface area (Å²) < 4.78 is 10.9. The lowest BCUT2D eigenvalue weighted by Gasteiger charge is -2.34. The predicted octanol–water partition coefficient (Wildman–Crippen LogP) is 4.68. The molecule has 1 saturated heterocycles. The Morgan fingerprint density at radius 2 is 1.62 bits per heavy atom. The minimum atomic E-state index is -2.28. The summed E-state index contributed by atoms with van der Waals surface area (Å²) in [5, 5.41) is 1.15. The zero-order valence-corrected chi connectivity index (χ0v) is 21.7. The minimum absolute atomic E-state index is 0.0910. The molecule has 2 atom stereocenters. The van der Waals surface area contributed by atoms with Crippen LogP contribution >= 0.6 is 0 Å². The van der Waals surface area contributed by atoms with Crippen molar-refractivity contribution in [2.24, 2.45) is 0 Å². The van der Waals surface area contributed by atoms with E-state index in [9.17, 15) is 14.4 Å². The molecule has 1 heterocycles. The molecule has 1 aliphatic heterocycles. The number of benzene rings is 2. The van der Waals surface area contributed by atoms with E-state index in [-0.39, 0.29) is 42.9 Å². The Kier molecular flexibility index (Phi) is 7.97. The molecule has 7 heteroatoms. The van der Waals surface area contributed by atoms with Crippen LogP contribution in [-0.4, -0.2) is 49.2 Å². The summed E-state index contributed by atoms with van der Waals surface area (Å²) >= 11 is 0. The van der Waals surface area contributed by atoms with Gasteiger partial charge in [-0.15, -0.1) is 0 Å². The highest BCUT2D eigenvalue weighted by atomic mass is 28.3. The van der Waals surface area contributed by atoms with Gasteiger partial charge in [0.05, 0.1) is 14.1 Å². The Morgan fingerprint density at radius 3 is 2.21 bits per heavy atom. The lowest BCUT2D eigenvalue weighted by atomic mass is 10.1. The number of ether oxygens (including phenoxy) is 2. The molecule has 0 spiro atoms. The fourth-order valence-corrected chi connectivity index (χ4v) is 7.27. The molecule has 0 bridgehead atoms. The first-order chi connectivity index (χ1) is 16.0. The van der Waals surface area contributed by atoms with Gasteiger partial charge in [0.15, 0.2) is 0 Å². The molecule has 0 radical (unpaired) electrons. The molecule has 0 saturated carbocycles. The van der Waals surface area contributed by atoms with E-state index in [1.807, 2.05) is 69.3 Å². The fourth-order valence-electron chi connectivity index (χ4n) is 4.38. The van der Waals surface area contributed by atoms with Crippen molar-refractivity contribution >= 4 is 31.2 Å². The number of hydrogen-bond donors (Lipinski definition) is 0. The second-order valence-corrected chi connectivity index (χ2v) is 15.3. The zero-order valence-electron chi connectivity index (χ0n) is 20.7. The minimum Gasteiger partial charge on any atom is -0.460 e. The Bertz CT molecular complexity index is 1000. The van der Waals surface area contributed by atoms with Crippen molar-refractivity contribution < 1.29 is 23.9 Å². The van der Waals surface area contributed by atoms with Crippen molar-refractivity contribution in [3.63, 3.8) is 0 Å². The van der Waals surface area contributed by atoms with Gasteiger partial charge >= 0.3 is 12.1 Å². The van der Waals surface area contributed by atoms with Gasteiger partial charge < -0.3 is 9.47 Å². The summed E-state index contributed by atoms with van der Waals surface area (Å²) in [5.41, 5.74) is 0.194. The van der Waals surface area contributed by atoms with E-state index in [0.717, 1.165) is 10.8 Å². The van der Waals surface area contributed by atoms with Crippen LogP contribution in [0.5, 0.6) is 0 Å². The summed E-state index contributed by atoms with van der Waals surface area (Å²) in [6.07, 6.45) is 0.146. The van der Waals surface area contributed by atoms with E-state index in [1.165, 1.54) is 4.90 Å². The van der Waals surface area contributed by atoms with Crippen LogP contribution in [0.25, 0.3) is 0 Å². The number of amides is 2. The van der Waals surface area contributed by atoms with Gasteiger partial charge in [-0.3, -0.25) is 9.59 Å². The summed E-state index contributed by atoms with van der Waals surface area (Å²) in [6, 6.07) is 19.4. The molecule has 182 valence electrons. The van der Waals surface area contributed by atoms with Gasteiger partial charge in [0, 0.05) is 12.8 Å². The predicted molar refractivity (Wildman–Crippen MR) is 135 cm³/mol. The summed E-state index contributed by atoms with van der Waals surface area (Å²) in [4.78, 5) is 40.1. The molecule has 6 nitrogen and oxygen atoms in total. The molecule has 2 aromatic rings. The van der Waals surface area contributed by atoms with Gasteiger partial charge in [-0.1, -0.05) is 78.9 Å². The number of nitrogens with zero attached hydrogens (tertiary/aromatic N) is 1. The van der Waals surface area contributed by atoms with Crippen LogP contribution in [0.3, 0.4) is 0 Å². The van der Waals surface area contributed by atoms with Crippen molar-refractivity contribution in [1.29, 1.82) is 0 Å². The highest BCUT2D eigenvalue weighted by Crippen LogP contribution is 2.32. The van der Waals surface area contributed by atoms with Crippen LogP contribution in [0.4, 0.5) is 4.79 Å². The highest BCUT2D eigenvalue weighted by molar-refractivity contribution is 6.91. The van der Waals surface area contributed by atoms with Crippen LogP contribution in [0.1, 0.15) is 39.2 Å². The maximum absolute atomic E-state index is 13.5. The molecule has 1 aliphatic rings. The van der Waals surface area contributed by atoms with Gasteiger partial charge in [0.2, 0.25) is 5.91 Å². The van der Waals surface area contributed by atoms with Crippen LogP contribution < -0.4 is 5.19 Å². The maximum Gasteiger partial charge on any atom is 0.416 e. The third-order valence-electron chi connectivity index (χ3n) is 6.34. The molecule has 34 heavy (non-hydrogen) atoms. The average molecular weight is 482 g/mol. The molecule has 0 aromatic heterocycles. The molecule has 0 aliphatic carbocycles. The monoisotopic (exact) mass is 481 g/mol. The third kappa shape index (κ3) is 6.56. The molecule has 2 amide bonds. The average Bonchev–Trinajstić information content (AvgIpc) is 3.13. The highest BCUT2D eigenvalue weighted by Gasteiger charge is 2.43. The fraction of sp³-hybridized carbons (Fsp3) is 0.444. The van der Waals surface area contributed by atoms with E-state index in [0.29, 0.717) is 6.42 Å². The lowest BCUT2D eigenvalue weighted by Crippen LogP contribution is -2.49. The van der Waals surface area contributed by atoms with Gasteiger partial charge in [-0.2, -0.15) is 0 Å². The SMILES string of the molecule is CC(C)(C)OC(=O)C[C@@H](CC(=O)N1C(=O)OC[C@@H]1Cc1ccccc1)[Si](C)(C)c1ccccc1. The lowest BCUT2D eigenvalue weighted by molar-refractivity contribution is -0.154. The first-order valence-electron chi connectivity index (χ1n) is 11.8. The molecular weight excluding hydrogens is 446 g/mol. The van der Waals surface area contributed by atoms with Crippen molar-refractivity contribution in [1.82, 2.24) is 4.90 Å². The number of esters is 1. The van der Waals surface area contributed by atoms with Crippen molar-refractivity contribution in [2.75, 3.05) is 6.61 Å². The standard InChI is InChI=1S/C27H35NO5Si/c1-27(2,3)33-25(30)18-23(34(4,5)22-14-10-7-11-15-22)17-24(29)28-21(19-32-26(28)31)16-20-12-8-6-9-13-20/h6-15,21,23H,16-19H2,1-5H3/t21-,23+/m0/s1. The summed E-state index contributed by atoms with van der Waals surface area (Å²) in [7, 11) is -2.28. The van der Waals surface area contributed by atoms with E-state index in [2.05, 4.69) is 25.2 Å². The van der Waals surface area contributed by atoms with Gasteiger partial charge in [-0.25, -0.2) is 9.69 Å². The normalized spacial score (nSPS) is 17.3. The van der Waals surface area contributed by atoms with Gasteiger partial charge in [0.1, 0.15) is 12.2 Å². The Hall–Kier alpha value is -2.93.